The molecule has 0 bridgehead atoms. The average molecular weight is 409 g/mol. The number of aryl methyl sites for hydroxylation is 3. The van der Waals surface area contributed by atoms with Gasteiger partial charge in [-0.15, -0.1) is 0 Å². The summed E-state index contributed by atoms with van der Waals surface area (Å²) in [6.07, 6.45) is 0.870. The minimum absolute atomic E-state index is 0.0203. The van der Waals surface area contributed by atoms with Crippen molar-refractivity contribution >= 4 is 11.8 Å². The second-order valence-corrected chi connectivity index (χ2v) is 8.61. The molecule has 1 N–H and O–H groups in total. The van der Waals surface area contributed by atoms with Crippen molar-refractivity contribution < 1.29 is 9.59 Å². The molecule has 0 fully saturated rings. The molecule has 0 spiro atoms. The van der Waals surface area contributed by atoms with Crippen LogP contribution in [-0.4, -0.2) is 29.3 Å². The number of carbonyl (C=O) groups is 2. The average Bonchev–Trinajstić information content (AvgIpc) is 2.70. The SMILES string of the molecule is CC[C@H](C(=O)NCC(C)C)N(Cc1ccccc1C)C(=O)Cc1ccc(C)c(C)c1. The Morgan fingerprint density at radius 1 is 0.967 bits per heavy atom. The maximum atomic E-state index is 13.4. The van der Waals surface area contributed by atoms with Gasteiger partial charge in [0.1, 0.15) is 6.04 Å². The van der Waals surface area contributed by atoms with Gasteiger partial charge < -0.3 is 10.2 Å². The highest BCUT2D eigenvalue weighted by molar-refractivity contribution is 5.88. The molecule has 0 aromatic heterocycles. The van der Waals surface area contributed by atoms with Crippen molar-refractivity contribution in [1.29, 1.82) is 0 Å². The van der Waals surface area contributed by atoms with Crippen LogP contribution >= 0.6 is 0 Å². The lowest BCUT2D eigenvalue weighted by atomic mass is 10.0. The maximum Gasteiger partial charge on any atom is 0.242 e. The van der Waals surface area contributed by atoms with Crippen LogP contribution in [-0.2, 0) is 22.6 Å². The summed E-state index contributed by atoms with van der Waals surface area (Å²) >= 11 is 0. The van der Waals surface area contributed by atoms with Crippen LogP contribution in [0.25, 0.3) is 0 Å². The maximum absolute atomic E-state index is 13.4. The Balaban J connectivity index is 2.30. The van der Waals surface area contributed by atoms with E-state index in [1.807, 2.05) is 44.2 Å². The van der Waals surface area contributed by atoms with Crippen LogP contribution in [0, 0.1) is 26.7 Å². The van der Waals surface area contributed by atoms with Crippen molar-refractivity contribution in [3.63, 3.8) is 0 Å². The summed E-state index contributed by atoms with van der Waals surface area (Å²) in [6.45, 7) is 13.3. The Bertz CT molecular complexity index is 873. The van der Waals surface area contributed by atoms with Gasteiger partial charge in [0.25, 0.3) is 0 Å². The summed E-state index contributed by atoms with van der Waals surface area (Å²) in [5.74, 6) is 0.267. The van der Waals surface area contributed by atoms with Gasteiger partial charge in [-0.25, -0.2) is 0 Å². The van der Waals surface area contributed by atoms with Crippen molar-refractivity contribution in [2.45, 2.75) is 67.0 Å². The van der Waals surface area contributed by atoms with Crippen LogP contribution in [0.1, 0.15) is 55.0 Å². The van der Waals surface area contributed by atoms with Crippen molar-refractivity contribution in [2.75, 3.05) is 6.54 Å². The highest BCUT2D eigenvalue weighted by Crippen LogP contribution is 2.18. The normalized spacial score (nSPS) is 12.0. The quantitative estimate of drug-likeness (QED) is 0.652. The zero-order valence-electron chi connectivity index (χ0n) is 19.3. The summed E-state index contributed by atoms with van der Waals surface area (Å²) in [6, 6.07) is 13.7. The van der Waals surface area contributed by atoms with Gasteiger partial charge in [-0.2, -0.15) is 0 Å². The molecular formula is C26H36N2O2. The van der Waals surface area contributed by atoms with E-state index in [0.29, 0.717) is 31.8 Å². The Morgan fingerprint density at radius 3 is 2.27 bits per heavy atom. The van der Waals surface area contributed by atoms with E-state index in [0.717, 1.165) is 16.7 Å². The highest BCUT2D eigenvalue weighted by atomic mass is 16.2. The number of hydrogen-bond donors (Lipinski definition) is 1. The molecule has 4 nitrogen and oxygen atoms in total. The van der Waals surface area contributed by atoms with E-state index >= 15 is 0 Å². The molecule has 2 amide bonds. The summed E-state index contributed by atoms with van der Waals surface area (Å²) < 4.78 is 0. The third-order valence-electron chi connectivity index (χ3n) is 5.60. The molecule has 162 valence electrons. The van der Waals surface area contributed by atoms with Crippen LogP contribution in [0.2, 0.25) is 0 Å². The number of rotatable bonds is 9. The van der Waals surface area contributed by atoms with E-state index in [1.54, 1.807) is 4.90 Å². The molecule has 0 aliphatic rings. The van der Waals surface area contributed by atoms with Crippen molar-refractivity contribution in [3.05, 3.63) is 70.3 Å². The fraction of sp³-hybridized carbons (Fsp3) is 0.462. The van der Waals surface area contributed by atoms with E-state index in [-0.39, 0.29) is 11.8 Å². The molecule has 0 unspecified atom stereocenters. The minimum Gasteiger partial charge on any atom is -0.354 e. The Labute approximate surface area is 181 Å². The lowest BCUT2D eigenvalue weighted by Gasteiger charge is -2.31. The molecule has 0 aliphatic carbocycles. The van der Waals surface area contributed by atoms with Crippen molar-refractivity contribution in [3.8, 4) is 0 Å². The van der Waals surface area contributed by atoms with Crippen LogP contribution in [0.15, 0.2) is 42.5 Å². The number of benzene rings is 2. The van der Waals surface area contributed by atoms with E-state index < -0.39 is 6.04 Å². The van der Waals surface area contributed by atoms with Gasteiger partial charge >= 0.3 is 0 Å². The topological polar surface area (TPSA) is 49.4 Å². The van der Waals surface area contributed by atoms with Crippen LogP contribution in [0.4, 0.5) is 0 Å². The number of amides is 2. The number of carbonyl (C=O) groups excluding carboxylic acids is 2. The first kappa shape index (κ1) is 23.7. The Kier molecular flexibility index (Phi) is 8.64. The molecule has 2 aromatic carbocycles. The summed E-state index contributed by atoms with van der Waals surface area (Å²) in [4.78, 5) is 28.1. The second-order valence-electron chi connectivity index (χ2n) is 8.61. The van der Waals surface area contributed by atoms with Crippen LogP contribution in [0.3, 0.4) is 0 Å². The number of nitrogens with zero attached hydrogens (tertiary/aromatic N) is 1. The molecule has 1 atom stereocenters. The largest absolute Gasteiger partial charge is 0.354 e. The molecular weight excluding hydrogens is 372 g/mol. The van der Waals surface area contributed by atoms with Crippen molar-refractivity contribution in [1.82, 2.24) is 10.2 Å². The molecule has 2 aromatic rings. The third kappa shape index (κ3) is 6.45. The molecule has 2 rings (SSSR count). The Morgan fingerprint density at radius 2 is 1.67 bits per heavy atom. The predicted molar refractivity (Wildman–Crippen MR) is 123 cm³/mol. The molecule has 0 aliphatic heterocycles. The van der Waals surface area contributed by atoms with Gasteiger partial charge in [-0.05, 0) is 60.9 Å². The van der Waals surface area contributed by atoms with Gasteiger partial charge in [0.2, 0.25) is 11.8 Å². The van der Waals surface area contributed by atoms with Crippen molar-refractivity contribution in [2.24, 2.45) is 5.92 Å². The predicted octanol–water partition coefficient (Wildman–Crippen LogP) is 4.73. The third-order valence-corrected chi connectivity index (χ3v) is 5.60. The molecule has 0 saturated carbocycles. The monoisotopic (exact) mass is 408 g/mol. The van der Waals surface area contributed by atoms with Gasteiger partial charge in [0.15, 0.2) is 0 Å². The van der Waals surface area contributed by atoms with Crippen LogP contribution < -0.4 is 5.32 Å². The smallest absolute Gasteiger partial charge is 0.242 e. The first-order chi connectivity index (χ1) is 14.2. The standard InChI is InChI=1S/C26H36N2O2/c1-7-24(26(30)27-16-18(2)3)28(17-23-11-9-8-10-20(23)5)25(29)15-22-13-12-19(4)21(6)14-22/h8-14,18,24H,7,15-17H2,1-6H3,(H,27,30)/t24-/m1/s1. The summed E-state index contributed by atoms with van der Waals surface area (Å²) in [7, 11) is 0. The lowest BCUT2D eigenvalue weighted by molar-refractivity contribution is -0.141. The lowest BCUT2D eigenvalue weighted by Crippen LogP contribution is -2.50. The summed E-state index contributed by atoms with van der Waals surface area (Å²) in [5.41, 5.74) is 5.56. The summed E-state index contributed by atoms with van der Waals surface area (Å²) in [5, 5.41) is 3.02. The molecule has 4 heteroatoms. The van der Waals surface area contributed by atoms with E-state index in [4.69, 9.17) is 0 Å². The van der Waals surface area contributed by atoms with E-state index in [1.165, 1.54) is 11.1 Å². The van der Waals surface area contributed by atoms with Gasteiger partial charge in [0.05, 0.1) is 6.42 Å². The fourth-order valence-corrected chi connectivity index (χ4v) is 3.50. The highest BCUT2D eigenvalue weighted by Gasteiger charge is 2.29. The van der Waals surface area contributed by atoms with E-state index in [2.05, 4.69) is 45.1 Å². The van der Waals surface area contributed by atoms with Gasteiger partial charge in [0, 0.05) is 13.1 Å². The minimum atomic E-state index is -0.484. The Hall–Kier alpha value is -2.62. The second kappa shape index (κ2) is 11.0. The van der Waals surface area contributed by atoms with Gasteiger partial charge in [-0.1, -0.05) is 63.2 Å². The fourth-order valence-electron chi connectivity index (χ4n) is 3.50. The molecule has 30 heavy (non-hydrogen) atoms. The first-order valence-electron chi connectivity index (χ1n) is 10.9. The first-order valence-corrected chi connectivity index (χ1v) is 10.9. The van der Waals surface area contributed by atoms with Crippen LogP contribution in [0.5, 0.6) is 0 Å². The molecule has 0 radical (unpaired) electrons. The molecule has 0 saturated heterocycles. The van der Waals surface area contributed by atoms with E-state index in [9.17, 15) is 9.59 Å². The zero-order chi connectivity index (χ0) is 22.3. The zero-order valence-corrected chi connectivity index (χ0v) is 19.3. The van der Waals surface area contributed by atoms with Gasteiger partial charge in [-0.3, -0.25) is 9.59 Å². The molecule has 0 heterocycles. The number of hydrogen-bond acceptors (Lipinski definition) is 2. The number of nitrogens with one attached hydrogen (secondary N) is 1.